The van der Waals surface area contributed by atoms with Gasteiger partial charge in [0.2, 0.25) is 0 Å². The molecule has 25 heavy (non-hydrogen) atoms. The monoisotopic (exact) mass is 376 g/mol. The first-order valence-corrected chi connectivity index (χ1v) is 12.2. The van der Waals surface area contributed by atoms with Crippen LogP contribution in [0.4, 0.5) is 0 Å². The van der Waals surface area contributed by atoms with E-state index in [0.29, 0.717) is 5.41 Å². The van der Waals surface area contributed by atoms with Gasteiger partial charge in [0.05, 0.1) is 0 Å². The van der Waals surface area contributed by atoms with Crippen molar-refractivity contribution in [2.45, 2.75) is 71.8 Å². The maximum atomic E-state index is 2.64. The van der Waals surface area contributed by atoms with Gasteiger partial charge in [0, 0.05) is 10.5 Å². The molecular weight excluding hydrogens is 340 g/mol. The highest BCUT2D eigenvalue weighted by Crippen LogP contribution is 2.66. The molecule has 0 radical (unpaired) electrons. The third-order valence-corrected chi connectivity index (χ3v) is 10.9. The topological polar surface area (TPSA) is 0 Å². The normalized spacial score (nSPS) is 46.4. The van der Waals surface area contributed by atoms with Crippen LogP contribution in [-0.4, -0.2) is 10.5 Å². The maximum Gasteiger partial charge on any atom is 0.0204 e. The Bertz CT molecular complexity index is 567. The van der Waals surface area contributed by atoms with Crippen molar-refractivity contribution in [1.82, 2.24) is 0 Å². The fraction of sp³-hybridized carbons (Fsp3) is 0.826. The molecule has 0 aromatic carbocycles. The van der Waals surface area contributed by atoms with E-state index in [0.717, 1.165) is 51.9 Å². The Hall–Kier alpha value is 0.180. The summed E-state index contributed by atoms with van der Waals surface area (Å²) in [5, 5.41) is 1.65. The van der Waals surface area contributed by atoms with Gasteiger partial charge in [-0.1, -0.05) is 46.8 Å². The zero-order valence-corrected chi connectivity index (χ0v) is 18.7. The lowest BCUT2D eigenvalue weighted by Crippen LogP contribution is -2.41. The summed E-state index contributed by atoms with van der Waals surface area (Å²) in [6.07, 6.45) is 8.16. The molecule has 0 N–H and O–H groups in total. The molecule has 0 spiro atoms. The average molecular weight is 377 g/mol. The number of allylic oxidation sites excluding steroid dienone is 4. The lowest BCUT2D eigenvalue weighted by Gasteiger charge is -2.45. The standard InChI is InChI=1S/C23H36S2/c1-12(2)16-8-13(3)19(11-16)23(6,7)20-21-17(9-14(4)24-21)18-10-15(5)25-22(18)20/h9-10,12-13,16-22H,8,11H2,1-7H3. The SMILES string of the molecule is CC1=CC2C3C=C(C)SC3C(C(C)(C)C3CC(C(C)C)CC3C)C2S1. The van der Waals surface area contributed by atoms with Crippen LogP contribution >= 0.6 is 23.5 Å². The Balaban J connectivity index is 1.64. The van der Waals surface area contributed by atoms with Crippen molar-refractivity contribution in [2.24, 2.45) is 46.8 Å². The van der Waals surface area contributed by atoms with Crippen molar-refractivity contribution in [1.29, 1.82) is 0 Å². The largest absolute Gasteiger partial charge is 0.127 e. The number of fused-ring (bicyclic) bond motifs is 3. The minimum absolute atomic E-state index is 0.447. The van der Waals surface area contributed by atoms with Gasteiger partial charge in [-0.2, -0.15) is 0 Å². The van der Waals surface area contributed by atoms with E-state index in [4.69, 9.17) is 0 Å². The quantitative estimate of drug-likeness (QED) is 0.509. The Kier molecular flexibility index (Phi) is 4.72. The fourth-order valence-electron chi connectivity index (χ4n) is 6.84. The van der Waals surface area contributed by atoms with E-state index < -0.39 is 0 Å². The van der Waals surface area contributed by atoms with Gasteiger partial charge in [-0.25, -0.2) is 0 Å². The molecule has 0 aromatic rings. The smallest absolute Gasteiger partial charge is 0.0204 e. The molecule has 140 valence electrons. The van der Waals surface area contributed by atoms with Crippen molar-refractivity contribution < 1.29 is 0 Å². The third-order valence-electron chi connectivity index (χ3n) is 8.09. The lowest BCUT2D eigenvalue weighted by atomic mass is 9.64. The van der Waals surface area contributed by atoms with E-state index in [1.54, 1.807) is 9.81 Å². The fourth-order valence-corrected chi connectivity index (χ4v) is 10.4. The molecule has 2 saturated carbocycles. The molecule has 2 heterocycles. The van der Waals surface area contributed by atoms with Crippen molar-refractivity contribution in [3.63, 3.8) is 0 Å². The van der Waals surface area contributed by atoms with Crippen LogP contribution in [0.15, 0.2) is 22.0 Å². The molecule has 2 heteroatoms. The molecular formula is C23H36S2. The number of hydrogen-bond donors (Lipinski definition) is 0. The Labute approximate surface area is 164 Å². The van der Waals surface area contributed by atoms with Gasteiger partial charge in [-0.05, 0) is 83.3 Å². The van der Waals surface area contributed by atoms with Gasteiger partial charge >= 0.3 is 0 Å². The van der Waals surface area contributed by atoms with Crippen molar-refractivity contribution in [3.8, 4) is 0 Å². The third kappa shape index (κ3) is 2.89. The predicted octanol–water partition coefficient (Wildman–Crippen LogP) is 7.23. The van der Waals surface area contributed by atoms with Gasteiger partial charge in [-0.3, -0.25) is 0 Å². The zero-order chi connectivity index (χ0) is 18.1. The van der Waals surface area contributed by atoms with Crippen molar-refractivity contribution >= 4 is 23.5 Å². The number of rotatable bonds is 3. The van der Waals surface area contributed by atoms with E-state index in [2.05, 4.69) is 84.1 Å². The number of hydrogen-bond acceptors (Lipinski definition) is 2. The van der Waals surface area contributed by atoms with E-state index in [1.807, 2.05) is 0 Å². The molecule has 4 rings (SSSR count). The van der Waals surface area contributed by atoms with Crippen LogP contribution in [0, 0.1) is 46.8 Å². The summed E-state index contributed by atoms with van der Waals surface area (Å²) < 4.78 is 0. The molecule has 0 amide bonds. The van der Waals surface area contributed by atoms with E-state index in [-0.39, 0.29) is 0 Å². The van der Waals surface area contributed by atoms with E-state index in [1.165, 1.54) is 12.8 Å². The second-order valence-corrected chi connectivity index (χ2v) is 13.1. The van der Waals surface area contributed by atoms with Crippen LogP contribution in [0.1, 0.15) is 61.3 Å². The summed E-state index contributed by atoms with van der Waals surface area (Å²) in [6, 6.07) is 0. The van der Waals surface area contributed by atoms with Crippen LogP contribution in [0.2, 0.25) is 0 Å². The first kappa shape index (κ1) is 18.5. The molecule has 4 aliphatic rings. The molecule has 2 aliphatic heterocycles. The molecule has 2 aliphatic carbocycles. The molecule has 0 nitrogen and oxygen atoms in total. The highest BCUT2D eigenvalue weighted by atomic mass is 32.2. The van der Waals surface area contributed by atoms with Crippen LogP contribution in [-0.2, 0) is 0 Å². The van der Waals surface area contributed by atoms with Crippen LogP contribution in [0.25, 0.3) is 0 Å². The Morgan fingerprint density at radius 1 is 0.960 bits per heavy atom. The van der Waals surface area contributed by atoms with Crippen molar-refractivity contribution in [3.05, 3.63) is 22.0 Å². The summed E-state index contributed by atoms with van der Waals surface area (Å²) in [5.41, 5.74) is 0.447. The van der Waals surface area contributed by atoms with Gasteiger partial charge in [0.15, 0.2) is 0 Å². The van der Waals surface area contributed by atoms with E-state index >= 15 is 0 Å². The lowest BCUT2D eigenvalue weighted by molar-refractivity contribution is 0.0936. The highest BCUT2D eigenvalue weighted by Gasteiger charge is 2.60. The Morgan fingerprint density at radius 2 is 1.48 bits per heavy atom. The van der Waals surface area contributed by atoms with Crippen LogP contribution < -0.4 is 0 Å². The minimum atomic E-state index is 0.447. The summed E-state index contributed by atoms with van der Waals surface area (Å²) in [4.78, 5) is 3.16. The number of thioether (sulfide) groups is 2. The Morgan fingerprint density at radius 3 is 1.92 bits per heavy atom. The van der Waals surface area contributed by atoms with E-state index in [9.17, 15) is 0 Å². The first-order valence-electron chi connectivity index (χ1n) is 10.4. The molecule has 7 unspecified atom stereocenters. The maximum absolute atomic E-state index is 2.64. The van der Waals surface area contributed by atoms with Crippen molar-refractivity contribution in [2.75, 3.05) is 0 Å². The first-order chi connectivity index (χ1) is 11.7. The molecule has 0 aromatic heterocycles. The van der Waals surface area contributed by atoms with Gasteiger partial charge in [0.1, 0.15) is 0 Å². The van der Waals surface area contributed by atoms with Gasteiger partial charge < -0.3 is 0 Å². The van der Waals surface area contributed by atoms with Crippen LogP contribution in [0.5, 0.6) is 0 Å². The van der Waals surface area contributed by atoms with Gasteiger partial charge in [-0.15, -0.1) is 23.5 Å². The molecule has 7 atom stereocenters. The minimum Gasteiger partial charge on any atom is -0.127 e. The molecule has 0 bridgehead atoms. The second kappa shape index (κ2) is 6.36. The predicted molar refractivity (Wildman–Crippen MR) is 115 cm³/mol. The second-order valence-electron chi connectivity index (χ2n) is 10.3. The van der Waals surface area contributed by atoms with Gasteiger partial charge in [0.25, 0.3) is 0 Å². The average Bonchev–Trinajstić information content (AvgIpc) is 3.20. The summed E-state index contributed by atoms with van der Waals surface area (Å²) in [7, 11) is 0. The summed E-state index contributed by atoms with van der Waals surface area (Å²) in [6.45, 7) is 17.4. The summed E-state index contributed by atoms with van der Waals surface area (Å²) in [5.74, 6) is 6.01. The molecule has 2 fully saturated rings. The summed E-state index contributed by atoms with van der Waals surface area (Å²) >= 11 is 4.43. The zero-order valence-electron chi connectivity index (χ0n) is 17.1. The highest BCUT2D eigenvalue weighted by molar-refractivity contribution is 8.05. The van der Waals surface area contributed by atoms with Crippen LogP contribution in [0.3, 0.4) is 0 Å². The molecule has 0 saturated heterocycles.